The van der Waals surface area contributed by atoms with Crippen LogP contribution in [0.1, 0.15) is 17.2 Å². The summed E-state index contributed by atoms with van der Waals surface area (Å²) in [6, 6.07) is 13.6. The fourth-order valence-corrected chi connectivity index (χ4v) is 3.98. The molecule has 0 spiro atoms. The van der Waals surface area contributed by atoms with Gasteiger partial charge < -0.3 is 11.1 Å². The monoisotopic (exact) mass is 442 g/mol. The Balaban J connectivity index is 1.82. The molecular weight excluding hydrogens is 424 g/mol. The average Bonchev–Trinajstić information content (AvgIpc) is 3.08. The predicted molar refractivity (Wildman–Crippen MR) is 117 cm³/mol. The number of nitrogen functional groups attached to an aromatic ring is 1. The molecule has 0 aliphatic heterocycles. The maximum absolute atomic E-state index is 12.1. The third kappa shape index (κ3) is 3.94. The number of sulfone groups is 1. The largest absolute Gasteiger partial charge is 0.383 e. The molecule has 1 atom stereocenters. The first kappa shape index (κ1) is 20.1. The lowest BCUT2D eigenvalue weighted by atomic mass is 9.99. The van der Waals surface area contributed by atoms with Crippen LogP contribution in [0.4, 0.5) is 11.8 Å². The van der Waals surface area contributed by atoms with Gasteiger partial charge in [-0.3, -0.25) is 4.68 Å². The second-order valence-electron chi connectivity index (χ2n) is 6.91. The Labute approximate surface area is 178 Å². The fraction of sp³-hybridized carbons (Fsp3) is 0.150. The second kappa shape index (κ2) is 7.58. The van der Waals surface area contributed by atoms with Crippen LogP contribution in [0, 0.1) is 0 Å². The summed E-state index contributed by atoms with van der Waals surface area (Å²) in [4.78, 5) is 9.11. The molecule has 4 rings (SSSR count). The van der Waals surface area contributed by atoms with Crippen LogP contribution < -0.4 is 11.1 Å². The summed E-state index contributed by atoms with van der Waals surface area (Å²) in [7, 11) is -1.60. The first-order valence-corrected chi connectivity index (χ1v) is 11.3. The van der Waals surface area contributed by atoms with Crippen molar-refractivity contribution in [3.05, 3.63) is 70.9 Å². The van der Waals surface area contributed by atoms with Crippen LogP contribution in [0.15, 0.2) is 59.6 Å². The van der Waals surface area contributed by atoms with E-state index in [1.54, 1.807) is 48.3 Å². The number of aromatic nitrogens is 4. The summed E-state index contributed by atoms with van der Waals surface area (Å²) in [6.45, 7) is 0. The molecular formula is C20H19ClN6O2S. The normalized spacial score (nSPS) is 12.8. The average molecular weight is 443 g/mol. The van der Waals surface area contributed by atoms with Gasteiger partial charge in [0.15, 0.2) is 15.5 Å². The van der Waals surface area contributed by atoms with Crippen molar-refractivity contribution in [1.29, 1.82) is 0 Å². The van der Waals surface area contributed by atoms with Crippen molar-refractivity contribution in [3.63, 3.8) is 0 Å². The van der Waals surface area contributed by atoms with Gasteiger partial charge in [0, 0.05) is 18.3 Å². The molecule has 0 aliphatic rings. The molecule has 3 N–H and O–H groups in total. The number of hydrogen-bond acceptors (Lipinski definition) is 7. The number of benzene rings is 2. The van der Waals surface area contributed by atoms with Crippen LogP contribution in [0.5, 0.6) is 0 Å². The Kier molecular flexibility index (Phi) is 5.08. The van der Waals surface area contributed by atoms with E-state index in [0.717, 1.165) is 11.1 Å². The van der Waals surface area contributed by atoms with E-state index in [1.165, 1.54) is 6.26 Å². The third-order valence-corrected chi connectivity index (χ3v) is 6.08. The lowest BCUT2D eigenvalue weighted by Crippen LogP contribution is -2.16. The maximum Gasteiger partial charge on any atom is 0.227 e. The van der Waals surface area contributed by atoms with Crippen LogP contribution >= 0.6 is 11.6 Å². The van der Waals surface area contributed by atoms with Gasteiger partial charge in [-0.25, -0.2) is 8.42 Å². The SMILES string of the molecule is Cn1ncc2c(N)nc(NC(c3ccc(Cl)cc3)c3cccc(S(C)(=O)=O)c3)nc21. The van der Waals surface area contributed by atoms with E-state index >= 15 is 0 Å². The molecule has 8 nitrogen and oxygen atoms in total. The highest BCUT2D eigenvalue weighted by molar-refractivity contribution is 7.90. The Bertz CT molecular complexity index is 1340. The smallest absolute Gasteiger partial charge is 0.227 e. The van der Waals surface area contributed by atoms with Gasteiger partial charge in [-0.05, 0) is 35.4 Å². The van der Waals surface area contributed by atoms with Crippen LogP contribution in [0.25, 0.3) is 11.0 Å². The summed E-state index contributed by atoms with van der Waals surface area (Å²) in [5.74, 6) is 0.601. The molecule has 0 fully saturated rings. The zero-order chi connectivity index (χ0) is 21.5. The Morgan fingerprint density at radius 2 is 1.83 bits per heavy atom. The predicted octanol–water partition coefficient (Wildman–Crippen LogP) is 3.20. The van der Waals surface area contributed by atoms with Crippen LogP contribution in [0.2, 0.25) is 5.02 Å². The first-order valence-electron chi connectivity index (χ1n) is 8.99. The molecule has 2 aromatic heterocycles. The van der Waals surface area contributed by atoms with E-state index in [9.17, 15) is 8.42 Å². The minimum Gasteiger partial charge on any atom is -0.383 e. The Morgan fingerprint density at radius 1 is 1.10 bits per heavy atom. The molecule has 10 heteroatoms. The molecule has 0 bridgehead atoms. The Hall–Kier alpha value is -3.17. The molecule has 0 saturated heterocycles. The van der Waals surface area contributed by atoms with Gasteiger partial charge in [0.1, 0.15) is 5.82 Å². The highest BCUT2D eigenvalue weighted by atomic mass is 35.5. The molecule has 0 aliphatic carbocycles. The first-order chi connectivity index (χ1) is 14.2. The molecule has 1 unspecified atom stereocenters. The van der Waals surface area contributed by atoms with Crippen molar-refractivity contribution in [2.45, 2.75) is 10.9 Å². The van der Waals surface area contributed by atoms with Crippen LogP contribution in [-0.2, 0) is 16.9 Å². The number of halogens is 1. The van der Waals surface area contributed by atoms with E-state index in [-0.39, 0.29) is 4.90 Å². The summed E-state index contributed by atoms with van der Waals surface area (Å²) in [6.07, 6.45) is 2.79. The summed E-state index contributed by atoms with van der Waals surface area (Å²) in [5, 5.41) is 8.70. The van der Waals surface area contributed by atoms with Crippen molar-refractivity contribution in [3.8, 4) is 0 Å². The minimum atomic E-state index is -3.37. The van der Waals surface area contributed by atoms with E-state index < -0.39 is 15.9 Å². The number of hydrogen-bond donors (Lipinski definition) is 2. The maximum atomic E-state index is 12.1. The summed E-state index contributed by atoms with van der Waals surface area (Å²) >= 11 is 6.05. The Morgan fingerprint density at radius 3 is 2.53 bits per heavy atom. The molecule has 2 heterocycles. The molecule has 30 heavy (non-hydrogen) atoms. The van der Waals surface area contributed by atoms with Gasteiger partial charge in [0.05, 0.1) is 22.5 Å². The van der Waals surface area contributed by atoms with Gasteiger partial charge in [0.2, 0.25) is 5.95 Å². The minimum absolute atomic E-state index is 0.225. The number of nitrogens with zero attached hydrogens (tertiary/aromatic N) is 4. The highest BCUT2D eigenvalue weighted by Gasteiger charge is 2.19. The van der Waals surface area contributed by atoms with E-state index in [2.05, 4.69) is 20.4 Å². The van der Waals surface area contributed by atoms with Gasteiger partial charge in [0.25, 0.3) is 0 Å². The molecule has 0 radical (unpaired) electrons. The lowest BCUT2D eigenvalue weighted by Gasteiger charge is -2.21. The van der Waals surface area contributed by atoms with Crippen molar-refractivity contribution in [2.24, 2.45) is 7.05 Å². The summed E-state index contributed by atoms with van der Waals surface area (Å²) in [5.41, 5.74) is 8.26. The molecule has 154 valence electrons. The molecule has 0 amide bonds. The number of aryl methyl sites for hydroxylation is 1. The number of fused-ring (bicyclic) bond motifs is 1. The van der Waals surface area contributed by atoms with Crippen molar-refractivity contribution < 1.29 is 8.42 Å². The van der Waals surface area contributed by atoms with E-state index in [0.29, 0.717) is 27.8 Å². The topological polar surface area (TPSA) is 116 Å². The van der Waals surface area contributed by atoms with Gasteiger partial charge in [-0.1, -0.05) is 35.9 Å². The van der Waals surface area contributed by atoms with Gasteiger partial charge >= 0.3 is 0 Å². The zero-order valence-electron chi connectivity index (χ0n) is 16.2. The van der Waals surface area contributed by atoms with Crippen molar-refractivity contribution in [1.82, 2.24) is 19.7 Å². The molecule has 0 saturated carbocycles. The second-order valence-corrected chi connectivity index (χ2v) is 9.36. The summed E-state index contributed by atoms with van der Waals surface area (Å²) < 4.78 is 25.7. The standard InChI is InChI=1S/C20H19ClN6O2S/c1-27-19-16(11-23-27)18(22)25-20(26-19)24-17(12-6-8-14(21)9-7-12)13-4-3-5-15(10-13)30(2,28)29/h3-11,17H,1-2H3,(H3,22,24,25,26). The number of nitrogens with one attached hydrogen (secondary N) is 1. The third-order valence-electron chi connectivity index (χ3n) is 4.72. The van der Waals surface area contributed by atoms with Crippen molar-refractivity contribution >= 4 is 44.2 Å². The van der Waals surface area contributed by atoms with Crippen LogP contribution in [0.3, 0.4) is 0 Å². The fourth-order valence-electron chi connectivity index (χ4n) is 3.18. The van der Waals surface area contributed by atoms with E-state index in [4.69, 9.17) is 17.3 Å². The number of nitrogens with two attached hydrogens (primary N) is 1. The van der Waals surface area contributed by atoms with Gasteiger partial charge in [-0.15, -0.1) is 0 Å². The quantitative estimate of drug-likeness (QED) is 0.487. The lowest BCUT2D eigenvalue weighted by molar-refractivity contribution is 0.601. The number of anilines is 2. The van der Waals surface area contributed by atoms with Crippen LogP contribution in [-0.4, -0.2) is 34.4 Å². The molecule has 2 aromatic carbocycles. The molecule has 4 aromatic rings. The van der Waals surface area contributed by atoms with Crippen molar-refractivity contribution in [2.75, 3.05) is 17.3 Å². The zero-order valence-corrected chi connectivity index (χ0v) is 17.8. The van der Waals surface area contributed by atoms with Gasteiger partial charge in [-0.2, -0.15) is 15.1 Å². The highest BCUT2D eigenvalue weighted by Crippen LogP contribution is 2.29. The number of rotatable bonds is 5. The van der Waals surface area contributed by atoms with E-state index in [1.807, 2.05) is 18.2 Å².